The molecule has 0 heteroatoms. The van der Waals surface area contributed by atoms with E-state index in [9.17, 15) is 0 Å². The first-order valence-corrected chi connectivity index (χ1v) is 14.9. The zero-order chi connectivity index (χ0) is 29.8. The van der Waals surface area contributed by atoms with Crippen molar-refractivity contribution in [3.8, 4) is 22.3 Å². The minimum Gasteiger partial charge on any atom is -0.0683 e. The van der Waals surface area contributed by atoms with Crippen molar-refractivity contribution >= 4 is 21.5 Å². The lowest BCUT2D eigenvalue weighted by atomic mass is 9.92. The molecule has 6 aromatic carbocycles. The van der Waals surface area contributed by atoms with Gasteiger partial charge in [-0.05, 0) is 87.7 Å². The molecule has 0 aliphatic heterocycles. The average Bonchev–Trinajstić information content (AvgIpc) is 2.98. The van der Waals surface area contributed by atoms with E-state index in [4.69, 9.17) is 0 Å². The Morgan fingerprint density at radius 1 is 0.439 bits per heavy atom. The van der Waals surface area contributed by atoms with Gasteiger partial charge in [0.05, 0.1) is 0 Å². The van der Waals surface area contributed by atoms with Gasteiger partial charge in [-0.1, -0.05) is 162 Å². The first-order valence-electron chi connectivity index (χ1n) is 14.9. The number of rotatable bonds is 2. The average molecular weight is 539 g/mol. The van der Waals surface area contributed by atoms with Gasteiger partial charge in [-0.2, -0.15) is 0 Å². The Bertz CT molecular complexity index is 1550. The standard InChI is InChI=1S/C21H16.C14H14.C4H10.C2H6/c1-15-10-12-16(13-11-15)21-19-8-4-2-6-17(19)14-18-7-3-5-9-20(18)21;1-11-7-3-5-9-13(11)14-10-6-4-8-12(14)2;1-4(2)3;1-2/h2-14H,1H3;3-10H,1-2H3;4H,1-3H3;1-2H3. The lowest BCUT2D eigenvalue weighted by molar-refractivity contribution is 0.737. The highest BCUT2D eigenvalue weighted by atomic mass is 14.1. The third-order valence-electron chi connectivity index (χ3n) is 6.69. The van der Waals surface area contributed by atoms with Crippen LogP contribution in [0.2, 0.25) is 0 Å². The summed E-state index contributed by atoms with van der Waals surface area (Å²) in [7, 11) is 0. The fourth-order valence-corrected chi connectivity index (χ4v) is 4.80. The monoisotopic (exact) mass is 538 g/mol. The molecule has 210 valence electrons. The van der Waals surface area contributed by atoms with E-state index in [2.05, 4.69) is 169 Å². The zero-order valence-corrected chi connectivity index (χ0v) is 26.2. The van der Waals surface area contributed by atoms with Crippen LogP contribution in [-0.4, -0.2) is 0 Å². The van der Waals surface area contributed by atoms with E-state index in [1.807, 2.05) is 13.8 Å². The van der Waals surface area contributed by atoms with E-state index in [0.717, 1.165) is 5.92 Å². The van der Waals surface area contributed by atoms with Crippen LogP contribution in [0.1, 0.15) is 51.3 Å². The van der Waals surface area contributed by atoms with Gasteiger partial charge in [0, 0.05) is 0 Å². The maximum Gasteiger partial charge on any atom is -0.00268 e. The normalized spacial score (nSPS) is 10.2. The van der Waals surface area contributed by atoms with Gasteiger partial charge in [0.15, 0.2) is 0 Å². The van der Waals surface area contributed by atoms with Gasteiger partial charge in [0.2, 0.25) is 0 Å². The molecule has 0 saturated carbocycles. The molecule has 0 saturated heterocycles. The van der Waals surface area contributed by atoms with Gasteiger partial charge >= 0.3 is 0 Å². The van der Waals surface area contributed by atoms with E-state index in [1.165, 1.54) is 60.5 Å². The summed E-state index contributed by atoms with van der Waals surface area (Å²) in [5, 5.41) is 5.23. The Labute approximate surface area is 248 Å². The maximum absolute atomic E-state index is 2.28. The molecule has 0 spiro atoms. The summed E-state index contributed by atoms with van der Waals surface area (Å²) in [6, 6.07) is 45.4. The molecule has 6 aromatic rings. The number of aryl methyl sites for hydroxylation is 3. The largest absolute Gasteiger partial charge is 0.0683 e. The fourth-order valence-electron chi connectivity index (χ4n) is 4.80. The molecular weight excluding hydrogens is 492 g/mol. The summed E-state index contributed by atoms with van der Waals surface area (Å²) < 4.78 is 0. The lowest BCUT2D eigenvalue weighted by Gasteiger charge is -2.12. The van der Waals surface area contributed by atoms with Gasteiger partial charge in [-0.15, -0.1) is 0 Å². The van der Waals surface area contributed by atoms with Crippen LogP contribution >= 0.6 is 0 Å². The minimum atomic E-state index is 0.833. The summed E-state index contributed by atoms with van der Waals surface area (Å²) >= 11 is 0. The zero-order valence-electron chi connectivity index (χ0n) is 26.2. The Kier molecular flexibility index (Phi) is 11.9. The van der Waals surface area contributed by atoms with Gasteiger partial charge < -0.3 is 0 Å². The Morgan fingerprint density at radius 3 is 1.22 bits per heavy atom. The van der Waals surface area contributed by atoms with Crippen LogP contribution in [0.15, 0.2) is 127 Å². The van der Waals surface area contributed by atoms with Crippen LogP contribution in [0, 0.1) is 26.7 Å². The summed E-state index contributed by atoms with van der Waals surface area (Å²) in [6.07, 6.45) is 0. The highest BCUT2D eigenvalue weighted by Crippen LogP contribution is 2.36. The van der Waals surface area contributed by atoms with Crippen LogP contribution in [-0.2, 0) is 0 Å². The van der Waals surface area contributed by atoms with Crippen LogP contribution in [0.25, 0.3) is 43.8 Å². The van der Waals surface area contributed by atoms with Gasteiger partial charge in [-0.3, -0.25) is 0 Å². The molecular formula is C41H46. The fraction of sp³-hybridized carbons (Fsp3) is 0.220. The molecule has 0 atom stereocenters. The smallest absolute Gasteiger partial charge is 0.00268 e. The van der Waals surface area contributed by atoms with E-state index < -0.39 is 0 Å². The van der Waals surface area contributed by atoms with Crippen molar-refractivity contribution in [3.63, 3.8) is 0 Å². The molecule has 0 fully saturated rings. The van der Waals surface area contributed by atoms with E-state index in [-0.39, 0.29) is 0 Å². The highest BCUT2D eigenvalue weighted by Gasteiger charge is 2.09. The quantitative estimate of drug-likeness (QED) is 0.192. The number of benzene rings is 6. The molecule has 0 aliphatic carbocycles. The predicted molar refractivity (Wildman–Crippen MR) is 185 cm³/mol. The molecule has 6 rings (SSSR count). The summed E-state index contributed by atoms with van der Waals surface area (Å²) in [6.45, 7) is 16.9. The second kappa shape index (κ2) is 15.6. The number of hydrogen-bond acceptors (Lipinski definition) is 0. The molecule has 0 N–H and O–H groups in total. The van der Waals surface area contributed by atoms with Crippen LogP contribution in [0.5, 0.6) is 0 Å². The minimum absolute atomic E-state index is 0.833. The first-order chi connectivity index (χ1) is 19.8. The lowest BCUT2D eigenvalue weighted by Crippen LogP contribution is -1.85. The van der Waals surface area contributed by atoms with Crippen molar-refractivity contribution in [1.82, 2.24) is 0 Å². The van der Waals surface area contributed by atoms with Crippen LogP contribution < -0.4 is 0 Å². The first kappa shape index (κ1) is 31.4. The van der Waals surface area contributed by atoms with Crippen LogP contribution in [0.4, 0.5) is 0 Å². The Hall–Kier alpha value is -4.16. The molecule has 0 amide bonds. The Balaban J connectivity index is 0.000000200. The molecule has 0 aliphatic rings. The third-order valence-corrected chi connectivity index (χ3v) is 6.69. The van der Waals surface area contributed by atoms with Crippen molar-refractivity contribution < 1.29 is 0 Å². The Morgan fingerprint density at radius 2 is 0.805 bits per heavy atom. The third kappa shape index (κ3) is 8.41. The molecule has 0 nitrogen and oxygen atoms in total. The molecule has 0 radical (unpaired) electrons. The highest BCUT2D eigenvalue weighted by molar-refractivity contribution is 6.12. The second-order valence-corrected chi connectivity index (χ2v) is 10.9. The molecule has 0 bridgehead atoms. The summed E-state index contributed by atoms with van der Waals surface area (Å²) in [5.41, 5.74) is 9.26. The van der Waals surface area contributed by atoms with Gasteiger partial charge in [-0.25, -0.2) is 0 Å². The van der Waals surface area contributed by atoms with Crippen molar-refractivity contribution in [2.24, 2.45) is 5.92 Å². The van der Waals surface area contributed by atoms with Crippen molar-refractivity contribution in [3.05, 3.63) is 144 Å². The van der Waals surface area contributed by atoms with Crippen LogP contribution in [0.3, 0.4) is 0 Å². The second-order valence-electron chi connectivity index (χ2n) is 10.9. The molecule has 0 heterocycles. The molecule has 41 heavy (non-hydrogen) atoms. The number of fused-ring (bicyclic) bond motifs is 2. The van der Waals surface area contributed by atoms with E-state index >= 15 is 0 Å². The van der Waals surface area contributed by atoms with Crippen molar-refractivity contribution in [2.75, 3.05) is 0 Å². The van der Waals surface area contributed by atoms with Gasteiger partial charge in [0.25, 0.3) is 0 Å². The SMILES string of the molecule is CC.CC(C)C.Cc1ccc(-c2c3ccccc3cc3ccccc23)cc1.Cc1ccccc1-c1ccccc1C. The summed E-state index contributed by atoms with van der Waals surface area (Å²) in [4.78, 5) is 0. The summed E-state index contributed by atoms with van der Waals surface area (Å²) in [5.74, 6) is 0.833. The topological polar surface area (TPSA) is 0 Å². The number of hydrogen-bond donors (Lipinski definition) is 0. The van der Waals surface area contributed by atoms with Crippen molar-refractivity contribution in [1.29, 1.82) is 0 Å². The maximum atomic E-state index is 2.28. The predicted octanol–water partition coefficient (Wildman–Crippen LogP) is 12.6. The van der Waals surface area contributed by atoms with Gasteiger partial charge in [0.1, 0.15) is 0 Å². The molecule has 0 unspecified atom stereocenters. The van der Waals surface area contributed by atoms with Crippen molar-refractivity contribution in [2.45, 2.75) is 55.4 Å². The molecule has 0 aromatic heterocycles. The van der Waals surface area contributed by atoms with E-state index in [0.29, 0.717) is 0 Å². The van der Waals surface area contributed by atoms with E-state index in [1.54, 1.807) is 0 Å².